The third kappa shape index (κ3) is 4.16. The summed E-state index contributed by atoms with van der Waals surface area (Å²) in [6.07, 6.45) is 3.03. The van der Waals surface area contributed by atoms with E-state index in [1.807, 2.05) is 37.4 Å². The molecule has 2 aromatic rings. The average molecular weight is 364 g/mol. The molecule has 1 atom stereocenters. The van der Waals surface area contributed by atoms with E-state index < -0.39 is 0 Å². The first kappa shape index (κ1) is 18.1. The molecule has 2 aliphatic rings. The quantitative estimate of drug-likeness (QED) is 0.802. The van der Waals surface area contributed by atoms with Gasteiger partial charge >= 0.3 is 6.09 Å². The molecule has 2 aromatic carbocycles. The standard InChI is InChI=1S/C23H28N2O2/c1-24(23(26)27-17-18-7-3-2-4-8-18)21-11-13-25(14-12-21)16-20-15-19-9-5-6-10-22(19)20/h2-10,20-21H,11-17H2,1H3. The number of benzene rings is 2. The van der Waals surface area contributed by atoms with Crippen LogP contribution >= 0.6 is 0 Å². The van der Waals surface area contributed by atoms with Crippen LogP contribution in [-0.4, -0.2) is 48.6 Å². The molecule has 0 aromatic heterocycles. The maximum absolute atomic E-state index is 12.4. The van der Waals surface area contributed by atoms with Gasteiger partial charge in [0.1, 0.15) is 6.61 Å². The monoisotopic (exact) mass is 364 g/mol. The molecular weight excluding hydrogens is 336 g/mol. The van der Waals surface area contributed by atoms with E-state index in [9.17, 15) is 4.79 Å². The molecule has 0 N–H and O–H groups in total. The summed E-state index contributed by atoms with van der Waals surface area (Å²) in [6, 6.07) is 18.9. The zero-order valence-electron chi connectivity index (χ0n) is 16.0. The molecule has 1 saturated heterocycles. The van der Waals surface area contributed by atoms with E-state index in [2.05, 4.69) is 29.2 Å². The molecule has 1 aliphatic carbocycles. The van der Waals surface area contributed by atoms with Crippen LogP contribution in [0.25, 0.3) is 0 Å². The number of hydrogen-bond donors (Lipinski definition) is 0. The molecular formula is C23H28N2O2. The van der Waals surface area contributed by atoms with Crippen LogP contribution in [0.15, 0.2) is 54.6 Å². The normalized spacial score (nSPS) is 19.8. The van der Waals surface area contributed by atoms with Gasteiger partial charge in [-0.2, -0.15) is 0 Å². The topological polar surface area (TPSA) is 32.8 Å². The lowest BCUT2D eigenvalue weighted by atomic mass is 9.77. The number of amides is 1. The number of ether oxygens (including phenoxy) is 1. The van der Waals surface area contributed by atoms with Gasteiger partial charge in [0.2, 0.25) is 0 Å². The van der Waals surface area contributed by atoms with Crippen LogP contribution in [0, 0.1) is 0 Å². The lowest BCUT2D eigenvalue weighted by Gasteiger charge is -2.40. The Hall–Kier alpha value is -2.33. The second kappa shape index (κ2) is 8.13. The molecule has 0 saturated carbocycles. The van der Waals surface area contributed by atoms with Gasteiger partial charge < -0.3 is 14.5 Å². The summed E-state index contributed by atoms with van der Waals surface area (Å²) in [5, 5.41) is 0. The van der Waals surface area contributed by atoms with E-state index in [0.29, 0.717) is 12.5 Å². The van der Waals surface area contributed by atoms with Crippen LogP contribution < -0.4 is 0 Å². The smallest absolute Gasteiger partial charge is 0.410 e. The summed E-state index contributed by atoms with van der Waals surface area (Å²) in [5.74, 6) is 0.686. The lowest BCUT2D eigenvalue weighted by Crippen LogP contribution is -2.47. The maximum Gasteiger partial charge on any atom is 0.410 e. The summed E-state index contributed by atoms with van der Waals surface area (Å²) < 4.78 is 5.47. The van der Waals surface area contributed by atoms with Crippen LogP contribution in [0.4, 0.5) is 4.79 Å². The van der Waals surface area contributed by atoms with Gasteiger partial charge in [-0.3, -0.25) is 0 Å². The van der Waals surface area contributed by atoms with Crippen molar-refractivity contribution < 1.29 is 9.53 Å². The lowest BCUT2D eigenvalue weighted by molar-refractivity contribution is 0.0710. The Labute approximate surface area is 161 Å². The second-order valence-electron chi connectivity index (χ2n) is 7.78. The molecule has 4 heteroatoms. The molecule has 27 heavy (non-hydrogen) atoms. The fraction of sp³-hybridized carbons (Fsp3) is 0.435. The minimum Gasteiger partial charge on any atom is -0.445 e. The van der Waals surface area contributed by atoms with E-state index in [4.69, 9.17) is 4.74 Å². The molecule has 142 valence electrons. The summed E-state index contributed by atoms with van der Waals surface area (Å²) >= 11 is 0. The van der Waals surface area contributed by atoms with Gasteiger partial charge in [0, 0.05) is 38.6 Å². The van der Waals surface area contributed by atoms with Gasteiger partial charge in [-0.05, 0) is 36.0 Å². The largest absolute Gasteiger partial charge is 0.445 e. The van der Waals surface area contributed by atoms with Crippen molar-refractivity contribution >= 4 is 6.09 Å². The SMILES string of the molecule is CN(C(=O)OCc1ccccc1)C1CCN(CC2Cc3ccccc32)CC1. The number of rotatable bonds is 5. The molecule has 1 fully saturated rings. The number of carbonyl (C=O) groups excluding carboxylic acids is 1. The predicted molar refractivity (Wildman–Crippen MR) is 107 cm³/mol. The van der Waals surface area contributed by atoms with Crippen LogP contribution in [-0.2, 0) is 17.8 Å². The van der Waals surface area contributed by atoms with E-state index in [1.54, 1.807) is 4.90 Å². The first-order valence-electron chi connectivity index (χ1n) is 9.94. The minimum atomic E-state index is -0.217. The summed E-state index contributed by atoms with van der Waals surface area (Å²) in [7, 11) is 1.87. The second-order valence-corrected chi connectivity index (χ2v) is 7.78. The van der Waals surface area contributed by atoms with Crippen molar-refractivity contribution in [2.45, 2.75) is 37.8 Å². The molecule has 4 rings (SSSR count). The molecule has 4 nitrogen and oxygen atoms in total. The highest BCUT2D eigenvalue weighted by atomic mass is 16.6. The van der Waals surface area contributed by atoms with Crippen molar-refractivity contribution in [3.63, 3.8) is 0 Å². The highest BCUT2D eigenvalue weighted by Crippen LogP contribution is 2.35. The number of nitrogens with zero attached hydrogens (tertiary/aromatic N) is 2. The molecule has 1 unspecified atom stereocenters. The summed E-state index contributed by atoms with van der Waals surface area (Å²) in [4.78, 5) is 16.7. The van der Waals surface area contributed by atoms with Crippen LogP contribution in [0.1, 0.15) is 35.4 Å². The van der Waals surface area contributed by atoms with Gasteiger partial charge in [0.25, 0.3) is 0 Å². The molecule has 1 aliphatic heterocycles. The Morgan fingerprint density at radius 1 is 1.07 bits per heavy atom. The number of piperidine rings is 1. The maximum atomic E-state index is 12.4. The van der Waals surface area contributed by atoms with Crippen LogP contribution in [0.3, 0.4) is 0 Å². The third-order valence-corrected chi connectivity index (χ3v) is 6.04. The van der Waals surface area contributed by atoms with Gasteiger partial charge in [-0.1, -0.05) is 54.6 Å². The van der Waals surface area contributed by atoms with Gasteiger partial charge in [0.15, 0.2) is 0 Å². The Bertz CT molecular complexity index is 769. The van der Waals surface area contributed by atoms with Gasteiger partial charge in [0.05, 0.1) is 0 Å². The van der Waals surface area contributed by atoms with Gasteiger partial charge in [-0.25, -0.2) is 4.79 Å². The Kier molecular flexibility index (Phi) is 5.44. The number of carbonyl (C=O) groups is 1. The van der Waals surface area contributed by atoms with Crippen LogP contribution in [0.5, 0.6) is 0 Å². The van der Waals surface area contributed by atoms with Crippen molar-refractivity contribution in [1.29, 1.82) is 0 Å². The van der Waals surface area contributed by atoms with Crippen molar-refractivity contribution in [1.82, 2.24) is 9.80 Å². The Balaban J connectivity index is 1.21. The summed E-state index contributed by atoms with van der Waals surface area (Å²) in [6.45, 7) is 3.59. The van der Waals surface area contributed by atoms with Gasteiger partial charge in [-0.15, -0.1) is 0 Å². The fourth-order valence-corrected chi connectivity index (χ4v) is 4.30. The van der Waals surface area contributed by atoms with Crippen molar-refractivity contribution in [3.8, 4) is 0 Å². The zero-order chi connectivity index (χ0) is 18.6. The van der Waals surface area contributed by atoms with E-state index >= 15 is 0 Å². The highest BCUT2D eigenvalue weighted by Gasteiger charge is 2.31. The average Bonchev–Trinajstić information content (AvgIpc) is 2.71. The highest BCUT2D eigenvalue weighted by molar-refractivity contribution is 5.67. The number of likely N-dealkylation sites (tertiary alicyclic amines) is 1. The third-order valence-electron chi connectivity index (χ3n) is 6.04. The Morgan fingerprint density at radius 3 is 2.52 bits per heavy atom. The Morgan fingerprint density at radius 2 is 1.78 bits per heavy atom. The van der Waals surface area contributed by atoms with Crippen molar-refractivity contribution in [2.24, 2.45) is 0 Å². The van der Waals surface area contributed by atoms with E-state index in [-0.39, 0.29) is 12.1 Å². The minimum absolute atomic E-state index is 0.217. The molecule has 0 spiro atoms. The number of fused-ring (bicyclic) bond motifs is 1. The van der Waals surface area contributed by atoms with E-state index in [0.717, 1.165) is 38.0 Å². The molecule has 1 amide bonds. The predicted octanol–water partition coefficient (Wildman–Crippen LogP) is 4.06. The van der Waals surface area contributed by atoms with E-state index in [1.165, 1.54) is 17.5 Å². The molecule has 0 radical (unpaired) electrons. The number of hydrogen-bond acceptors (Lipinski definition) is 3. The molecule has 0 bridgehead atoms. The zero-order valence-corrected chi connectivity index (χ0v) is 16.0. The van der Waals surface area contributed by atoms with Crippen molar-refractivity contribution in [2.75, 3.05) is 26.7 Å². The van der Waals surface area contributed by atoms with Crippen LogP contribution in [0.2, 0.25) is 0 Å². The fourth-order valence-electron chi connectivity index (χ4n) is 4.30. The first-order chi connectivity index (χ1) is 13.2. The molecule has 1 heterocycles. The summed E-state index contributed by atoms with van der Waals surface area (Å²) in [5.41, 5.74) is 4.06. The first-order valence-corrected chi connectivity index (χ1v) is 9.94. The van der Waals surface area contributed by atoms with Crippen molar-refractivity contribution in [3.05, 3.63) is 71.3 Å².